The van der Waals surface area contributed by atoms with Crippen LogP contribution >= 0.6 is 0 Å². The molecular weight excluding hydrogens is 264 g/mol. The first-order valence-electron chi connectivity index (χ1n) is 7.07. The summed E-state index contributed by atoms with van der Waals surface area (Å²) in [5.74, 6) is 1.64. The highest BCUT2D eigenvalue weighted by atomic mass is 15.1. The van der Waals surface area contributed by atoms with Gasteiger partial charge in [-0.15, -0.1) is 0 Å². The molecule has 0 saturated heterocycles. The predicted molar refractivity (Wildman–Crippen MR) is 83.6 cm³/mol. The summed E-state index contributed by atoms with van der Waals surface area (Å²) in [6.45, 7) is 3.69. The number of nitrogens with one attached hydrogen (secondary N) is 2. The first-order chi connectivity index (χ1) is 10.4. The Bertz CT molecular complexity index is 707. The molecule has 3 heterocycles. The van der Waals surface area contributed by atoms with Crippen LogP contribution in [0.1, 0.15) is 12.5 Å². The molecule has 0 aromatic carbocycles. The van der Waals surface area contributed by atoms with E-state index in [0.29, 0.717) is 0 Å². The van der Waals surface area contributed by atoms with Gasteiger partial charge in [0.15, 0.2) is 11.5 Å². The van der Waals surface area contributed by atoms with E-state index in [1.165, 1.54) is 5.56 Å². The van der Waals surface area contributed by atoms with Gasteiger partial charge in [0.25, 0.3) is 0 Å². The van der Waals surface area contributed by atoms with Gasteiger partial charge in [0.1, 0.15) is 5.82 Å². The SMILES string of the molecule is CCNc1cn2ccnc2c(NCCc2ccncc2)n1. The highest BCUT2D eigenvalue weighted by Gasteiger charge is 2.06. The van der Waals surface area contributed by atoms with Gasteiger partial charge in [-0.25, -0.2) is 9.97 Å². The van der Waals surface area contributed by atoms with E-state index in [1.807, 2.05) is 41.3 Å². The van der Waals surface area contributed by atoms with E-state index in [-0.39, 0.29) is 0 Å². The maximum atomic E-state index is 4.58. The van der Waals surface area contributed by atoms with E-state index < -0.39 is 0 Å². The van der Waals surface area contributed by atoms with Crippen molar-refractivity contribution in [1.29, 1.82) is 0 Å². The smallest absolute Gasteiger partial charge is 0.180 e. The van der Waals surface area contributed by atoms with Crippen LogP contribution < -0.4 is 10.6 Å². The minimum atomic E-state index is 0.799. The van der Waals surface area contributed by atoms with Crippen molar-refractivity contribution in [2.24, 2.45) is 0 Å². The van der Waals surface area contributed by atoms with Crippen LogP contribution in [0.2, 0.25) is 0 Å². The lowest BCUT2D eigenvalue weighted by molar-refractivity contribution is 0.990. The number of hydrogen-bond acceptors (Lipinski definition) is 5. The largest absolute Gasteiger partial charge is 0.369 e. The summed E-state index contributed by atoms with van der Waals surface area (Å²) < 4.78 is 1.97. The molecular formula is C15H18N6. The topological polar surface area (TPSA) is 67.1 Å². The lowest BCUT2D eigenvalue weighted by Gasteiger charge is -2.10. The van der Waals surface area contributed by atoms with Gasteiger partial charge in [0, 0.05) is 37.9 Å². The van der Waals surface area contributed by atoms with Crippen molar-refractivity contribution in [3.05, 3.63) is 48.7 Å². The summed E-state index contributed by atoms with van der Waals surface area (Å²) in [7, 11) is 0. The Morgan fingerprint density at radius 3 is 2.81 bits per heavy atom. The Morgan fingerprint density at radius 1 is 1.14 bits per heavy atom. The van der Waals surface area contributed by atoms with Crippen molar-refractivity contribution >= 4 is 17.3 Å². The molecule has 0 atom stereocenters. The molecule has 0 fully saturated rings. The first-order valence-corrected chi connectivity index (χ1v) is 7.07. The number of hydrogen-bond donors (Lipinski definition) is 2. The van der Waals surface area contributed by atoms with Gasteiger partial charge in [-0.3, -0.25) is 4.98 Å². The molecule has 0 bridgehead atoms. The number of anilines is 2. The zero-order valence-electron chi connectivity index (χ0n) is 12.0. The van der Waals surface area contributed by atoms with Gasteiger partial charge in [-0.05, 0) is 31.0 Å². The Morgan fingerprint density at radius 2 is 2.00 bits per heavy atom. The number of rotatable bonds is 6. The maximum absolute atomic E-state index is 4.58. The van der Waals surface area contributed by atoms with Gasteiger partial charge in [-0.1, -0.05) is 0 Å². The lowest BCUT2D eigenvalue weighted by Crippen LogP contribution is -2.10. The number of pyridine rings is 1. The van der Waals surface area contributed by atoms with Crippen LogP contribution in [0.25, 0.3) is 5.65 Å². The molecule has 6 nitrogen and oxygen atoms in total. The van der Waals surface area contributed by atoms with Crippen LogP contribution in [0.5, 0.6) is 0 Å². The van der Waals surface area contributed by atoms with Gasteiger partial charge < -0.3 is 15.0 Å². The van der Waals surface area contributed by atoms with Crippen molar-refractivity contribution in [2.45, 2.75) is 13.3 Å². The van der Waals surface area contributed by atoms with E-state index in [9.17, 15) is 0 Å². The fourth-order valence-corrected chi connectivity index (χ4v) is 2.19. The third-order valence-electron chi connectivity index (χ3n) is 3.19. The monoisotopic (exact) mass is 282 g/mol. The van der Waals surface area contributed by atoms with Gasteiger partial charge in [-0.2, -0.15) is 0 Å². The van der Waals surface area contributed by atoms with Gasteiger partial charge in [0.05, 0.1) is 6.20 Å². The lowest BCUT2D eigenvalue weighted by atomic mass is 10.2. The van der Waals surface area contributed by atoms with Crippen molar-refractivity contribution < 1.29 is 0 Å². The average Bonchev–Trinajstić information content (AvgIpc) is 2.97. The Balaban J connectivity index is 1.74. The zero-order valence-corrected chi connectivity index (χ0v) is 12.0. The van der Waals surface area contributed by atoms with Gasteiger partial charge >= 0.3 is 0 Å². The van der Waals surface area contributed by atoms with E-state index in [2.05, 4.69) is 32.5 Å². The molecule has 0 aliphatic carbocycles. The third kappa shape index (κ3) is 3.10. The molecule has 108 valence electrons. The van der Waals surface area contributed by atoms with Gasteiger partial charge in [0.2, 0.25) is 0 Å². The number of aromatic nitrogens is 4. The summed E-state index contributed by atoms with van der Waals surface area (Å²) in [6, 6.07) is 4.05. The molecule has 0 unspecified atom stereocenters. The van der Waals surface area contributed by atoms with Crippen molar-refractivity contribution in [2.75, 3.05) is 23.7 Å². The van der Waals surface area contributed by atoms with Crippen LogP contribution in [0, 0.1) is 0 Å². The quantitative estimate of drug-likeness (QED) is 0.725. The number of imidazole rings is 1. The Labute approximate surface area is 123 Å². The van der Waals surface area contributed by atoms with Crippen LogP contribution in [0.15, 0.2) is 43.1 Å². The molecule has 6 heteroatoms. The van der Waals surface area contributed by atoms with Crippen LogP contribution in [0.4, 0.5) is 11.6 Å². The molecule has 0 aliphatic heterocycles. The van der Waals surface area contributed by atoms with E-state index in [4.69, 9.17) is 0 Å². The molecule has 3 aromatic heterocycles. The summed E-state index contributed by atoms with van der Waals surface area (Å²) in [4.78, 5) is 12.9. The normalized spacial score (nSPS) is 10.7. The molecule has 0 aliphatic rings. The second-order valence-corrected chi connectivity index (χ2v) is 4.70. The number of nitrogens with zero attached hydrogens (tertiary/aromatic N) is 4. The molecule has 0 spiro atoms. The minimum Gasteiger partial charge on any atom is -0.369 e. The van der Waals surface area contributed by atoms with Crippen LogP contribution in [-0.2, 0) is 6.42 Å². The fourth-order valence-electron chi connectivity index (χ4n) is 2.19. The molecule has 21 heavy (non-hydrogen) atoms. The second kappa shape index (κ2) is 6.21. The second-order valence-electron chi connectivity index (χ2n) is 4.70. The minimum absolute atomic E-state index is 0.799. The molecule has 0 radical (unpaired) electrons. The van der Waals surface area contributed by atoms with E-state index >= 15 is 0 Å². The van der Waals surface area contributed by atoms with Crippen molar-refractivity contribution in [3.63, 3.8) is 0 Å². The highest BCUT2D eigenvalue weighted by molar-refractivity contribution is 5.65. The predicted octanol–water partition coefficient (Wildman–Crippen LogP) is 2.21. The highest BCUT2D eigenvalue weighted by Crippen LogP contribution is 2.16. The van der Waals surface area contributed by atoms with E-state index in [0.717, 1.165) is 36.8 Å². The first kappa shape index (κ1) is 13.4. The van der Waals surface area contributed by atoms with Crippen LogP contribution in [-0.4, -0.2) is 32.4 Å². The van der Waals surface area contributed by atoms with Crippen molar-refractivity contribution in [1.82, 2.24) is 19.4 Å². The molecule has 0 saturated carbocycles. The fraction of sp³-hybridized carbons (Fsp3) is 0.267. The average molecular weight is 282 g/mol. The summed E-state index contributed by atoms with van der Waals surface area (Å²) in [5.41, 5.74) is 2.09. The number of fused-ring (bicyclic) bond motifs is 1. The summed E-state index contributed by atoms with van der Waals surface area (Å²) >= 11 is 0. The van der Waals surface area contributed by atoms with Crippen LogP contribution in [0.3, 0.4) is 0 Å². The molecule has 0 amide bonds. The molecule has 3 rings (SSSR count). The molecule has 2 N–H and O–H groups in total. The third-order valence-corrected chi connectivity index (χ3v) is 3.19. The zero-order chi connectivity index (χ0) is 14.5. The van der Waals surface area contributed by atoms with E-state index in [1.54, 1.807) is 6.20 Å². The Hall–Kier alpha value is -2.63. The summed E-state index contributed by atoms with van der Waals surface area (Å²) in [5, 5.41) is 6.60. The Kier molecular flexibility index (Phi) is 3.95. The molecule has 3 aromatic rings. The summed E-state index contributed by atoms with van der Waals surface area (Å²) in [6.07, 6.45) is 10.2. The maximum Gasteiger partial charge on any atom is 0.180 e. The standard InChI is InChI=1S/C15H18N6/c1-2-17-13-11-21-10-9-19-15(21)14(20-13)18-8-5-12-3-6-16-7-4-12/h3-4,6-7,9-11,17H,2,5,8H2,1H3,(H,18,20). The van der Waals surface area contributed by atoms with Crippen molar-refractivity contribution in [3.8, 4) is 0 Å².